The molecule has 0 saturated carbocycles. The van der Waals surface area contributed by atoms with Crippen molar-refractivity contribution >= 4 is 17.9 Å². The lowest BCUT2D eigenvalue weighted by atomic mass is 10.1. The molecule has 8 heteroatoms. The Balaban J connectivity index is 4.38. The maximum absolute atomic E-state index is 12.6. The van der Waals surface area contributed by atoms with Crippen LogP contribution in [0.2, 0.25) is 0 Å². The van der Waals surface area contributed by atoms with Crippen molar-refractivity contribution in [2.45, 2.75) is 161 Å². The van der Waals surface area contributed by atoms with E-state index in [1.807, 2.05) is 21.1 Å². The van der Waals surface area contributed by atoms with Crippen LogP contribution < -0.4 is 0 Å². The molecule has 2 unspecified atom stereocenters. The van der Waals surface area contributed by atoms with Crippen LogP contribution in [0.25, 0.3) is 0 Å². The first kappa shape index (κ1) is 52.5. The lowest BCUT2D eigenvalue weighted by Gasteiger charge is -2.31. The van der Waals surface area contributed by atoms with E-state index in [0.29, 0.717) is 19.3 Å². The van der Waals surface area contributed by atoms with Gasteiger partial charge in [0.1, 0.15) is 6.61 Å². The quantitative estimate of drug-likeness (QED) is 0.0290. The fraction of sp³-hybridized carbons (Fsp3) is 0.646. The van der Waals surface area contributed by atoms with E-state index in [4.69, 9.17) is 14.2 Å². The Labute approximate surface area is 342 Å². The van der Waals surface area contributed by atoms with Gasteiger partial charge in [-0.3, -0.25) is 9.59 Å². The average Bonchev–Trinajstić information content (AvgIpc) is 3.15. The molecular weight excluding hydrogens is 703 g/mol. The summed E-state index contributed by atoms with van der Waals surface area (Å²) in [6, 6.07) is -0.625. The predicted molar refractivity (Wildman–Crippen MR) is 233 cm³/mol. The molecule has 2 atom stereocenters. The summed E-state index contributed by atoms with van der Waals surface area (Å²) < 4.78 is 17.2. The van der Waals surface area contributed by atoms with E-state index in [2.05, 4.69) is 98.9 Å². The third-order valence-corrected chi connectivity index (χ3v) is 9.03. The fourth-order valence-electron chi connectivity index (χ4n) is 5.66. The Hall–Kier alpha value is -3.49. The zero-order valence-electron chi connectivity index (χ0n) is 36.1. The number of carboxylic acids is 1. The molecule has 0 aromatic heterocycles. The smallest absolute Gasteiger partial charge is 0.362 e. The normalized spacial score (nSPS) is 13.8. The molecule has 0 aromatic carbocycles. The van der Waals surface area contributed by atoms with Gasteiger partial charge in [-0.1, -0.05) is 131 Å². The summed E-state index contributed by atoms with van der Waals surface area (Å²) in [4.78, 5) is 36.9. The molecule has 1 N–H and O–H groups in total. The Kier molecular flexibility index (Phi) is 36.0. The van der Waals surface area contributed by atoms with Crippen molar-refractivity contribution in [3.05, 3.63) is 85.1 Å². The van der Waals surface area contributed by atoms with Crippen LogP contribution in [-0.2, 0) is 28.6 Å². The van der Waals surface area contributed by atoms with Crippen molar-refractivity contribution in [3.8, 4) is 0 Å². The number of allylic oxidation sites excluding steroid dienone is 14. The number of aliphatic carboxylic acids is 1. The molecule has 8 nitrogen and oxygen atoms in total. The summed E-state index contributed by atoms with van der Waals surface area (Å²) in [7, 11) is 5.50. The highest BCUT2D eigenvalue weighted by atomic mass is 16.6. The molecule has 318 valence electrons. The zero-order chi connectivity index (χ0) is 41.4. The number of unbranched alkanes of at least 4 members (excludes halogenated alkanes) is 9. The number of hydrogen-bond acceptors (Lipinski definition) is 6. The molecule has 0 fully saturated rings. The molecule has 0 rings (SSSR count). The summed E-state index contributed by atoms with van der Waals surface area (Å²) in [5.74, 6) is -1.54. The van der Waals surface area contributed by atoms with Gasteiger partial charge in [0.2, 0.25) is 0 Å². The highest BCUT2D eigenvalue weighted by Crippen LogP contribution is 2.12. The van der Waals surface area contributed by atoms with Crippen molar-refractivity contribution in [1.82, 2.24) is 0 Å². The van der Waals surface area contributed by atoms with E-state index in [9.17, 15) is 19.5 Å². The molecule has 0 spiro atoms. The topological polar surface area (TPSA) is 99.1 Å². The second kappa shape index (κ2) is 38.4. The van der Waals surface area contributed by atoms with Gasteiger partial charge in [-0.15, -0.1) is 0 Å². The second-order valence-corrected chi connectivity index (χ2v) is 15.2. The summed E-state index contributed by atoms with van der Waals surface area (Å²) in [5, 5.41) is 9.60. The first-order chi connectivity index (χ1) is 27.1. The summed E-state index contributed by atoms with van der Waals surface area (Å²) in [5.41, 5.74) is 0. The van der Waals surface area contributed by atoms with Gasteiger partial charge in [-0.05, 0) is 83.5 Å². The molecule has 0 aliphatic rings. The monoisotopic (exact) mass is 783 g/mol. The Morgan fingerprint density at radius 2 is 1.00 bits per heavy atom. The highest BCUT2D eigenvalue weighted by molar-refractivity contribution is 5.72. The minimum absolute atomic E-state index is 0.0405. The molecule has 0 saturated heterocycles. The van der Waals surface area contributed by atoms with Gasteiger partial charge in [0.05, 0.1) is 34.4 Å². The number of esters is 2. The van der Waals surface area contributed by atoms with Gasteiger partial charge in [0, 0.05) is 19.3 Å². The van der Waals surface area contributed by atoms with Gasteiger partial charge in [-0.25, -0.2) is 4.79 Å². The van der Waals surface area contributed by atoms with Crippen LogP contribution in [0.3, 0.4) is 0 Å². The van der Waals surface area contributed by atoms with Gasteiger partial charge in [0.25, 0.3) is 0 Å². The van der Waals surface area contributed by atoms with Crippen LogP contribution in [0.5, 0.6) is 0 Å². The van der Waals surface area contributed by atoms with Gasteiger partial charge in [-0.2, -0.15) is 0 Å². The average molecular weight is 783 g/mol. The van der Waals surface area contributed by atoms with Crippen molar-refractivity contribution in [1.29, 1.82) is 0 Å². The Bertz CT molecular complexity index is 1190. The van der Waals surface area contributed by atoms with Crippen LogP contribution in [0.15, 0.2) is 85.1 Å². The minimum Gasteiger partial charge on any atom is -0.477 e. The summed E-state index contributed by atoms with van der Waals surface area (Å²) in [6.07, 6.45) is 49.2. The molecular formula is C48H80NO7+. The van der Waals surface area contributed by atoms with Crippen LogP contribution in [0.4, 0.5) is 0 Å². The van der Waals surface area contributed by atoms with Gasteiger partial charge >= 0.3 is 17.9 Å². The summed E-state index contributed by atoms with van der Waals surface area (Å²) in [6.45, 7) is 4.50. The number of likely N-dealkylation sites (N-methyl/N-ethyl adjacent to an activating group) is 1. The predicted octanol–water partition coefficient (Wildman–Crippen LogP) is 11.7. The van der Waals surface area contributed by atoms with Crippen LogP contribution in [-0.4, -0.2) is 80.6 Å². The van der Waals surface area contributed by atoms with E-state index in [1.54, 1.807) is 0 Å². The fourth-order valence-corrected chi connectivity index (χ4v) is 5.66. The Morgan fingerprint density at radius 1 is 0.554 bits per heavy atom. The van der Waals surface area contributed by atoms with Crippen molar-refractivity contribution in [2.75, 3.05) is 41.0 Å². The summed E-state index contributed by atoms with van der Waals surface area (Å²) >= 11 is 0. The maximum atomic E-state index is 12.6. The third-order valence-electron chi connectivity index (χ3n) is 9.03. The van der Waals surface area contributed by atoms with Crippen LogP contribution in [0.1, 0.15) is 149 Å². The van der Waals surface area contributed by atoms with Crippen molar-refractivity contribution in [3.63, 3.8) is 0 Å². The van der Waals surface area contributed by atoms with E-state index in [-0.39, 0.29) is 36.2 Å². The number of quaternary nitrogens is 1. The molecule has 0 heterocycles. The standard InChI is InChI=1S/C48H79NO7/c1-6-8-10-12-14-16-18-19-20-21-22-23-24-25-26-27-28-29-31-32-34-36-38-46(50)55-43-44(42-54-41-40-45(48(52)53)49(3,4)5)56-47(51)39-37-35-33-30-17-15-13-11-9-7-2/h8,10,13-16,19-20,22-23,25-26,28-29,44-45H,6-7,9,11-12,17-18,21,24,27,30-43H2,1-5H3/p+1/b10-8+,15-13+,16-14+,20-19+,23-22+,26-25+,29-28+. The largest absolute Gasteiger partial charge is 0.477 e. The van der Waals surface area contributed by atoms with Gasteiger partial charge in [0.15, 0.2) is 12.1 Å². The third kappa shape index (κ3) is 36.2. The molecule has 0 radical (unpaired) electrons. The van der Waals surface area contributed by atoms with E-state index < -0.39 is 18.1 Å². The van der Waals surface area contributed by atoms with E-state index in [0.717, 1.165) is 103 Å². The van der Waals surface area contributed by atoms with Crippen molar-refractivity contribution in [2.24, 2.45) is 0 Å². The van der Waals surface area contributed by atoms with E-state index >= 15 is 0 Å². The number of nitrogens with zero attached hydrogens (tertiary/aromatic N) is 1. The first-order valence-electron chi connectivity index (χ1n) is 21.6. The second-order valence-electron chi connectivity index (χ2n) is 15.2. The number of carboxylic acid groups (broad SMARTS) is 1. The van der Waals surface area contributed by atoms with E-state index in [1.165, 1.54) is 12.8 Å². The molecule has 0 amide bonds. The number of carbonyl (C=O) groups excluding carboxylic acids is 2. The number of hydrogen-bond donors (Lipinski definition) is 1. The number of carbonyl (C=O) groups is 3. The zero-order valence-corrected chi connectivity index (χ0v) is 36.1. The highest BCUT2D eigenvalue weighted by Gasteiger charge is 2.31. The van der Waals surface area contributed by atoms with Crippen LogP contribution >= 0.6 is 0 Å². The van der Waals surface area contributed by atoms with Gasteiger partial charge < -0.3 is 23.8 Å². The lowest BCUT2D eigenvalue weighted by molar-refractivity contribution is -0.887. The molecule has 0 aliphatic heterocycles. The maximum Gasteiger partial charge on any atom is 0.362 e. The number of rotatable bonds is 37. The molecule has 56 heavy (non-hydrogen) atoms. The Morgan fingerprint density at radius 3 is 1.50 bits per heavy atom. The lowest BCUT2D eigenvalue weighted by Crippen LogP contribution is -2.50. The molecule has 0 bridgehead atoms. The molecule has 0 aromatic rings. The first-order valence-corrected chi connectivity index (χ1v) is 21.6. The number of ether oxygens (including phenoxy) is 3. The van der Waals surface area contributed by atoms with Crippen molar-refractivity contribution < 1.29 is 38.2 Å². The van der Waals surface area contributed by atoms with Crippen LogP contribution in [0, 0.1) is 0 Å². The molecule has 0 aliphatic carbocycles. The SMILES string of the molecule is CC/C=C/C/C=C/C/C=C/C/C=C/C/C=C/C/C=C/CCCCCC(=O)OCC(COCCC(C(=O)O)[N+](C)(C)C)OC(=O)CCCCCC/C=C/CCCC. The minimum atomic E-state index is -0.886.